The van der Waals surface area contributed by atoms with Crippen molar-refractivity contribution in [1.29, 1.82) is 0 Å². The topological polar surface area (TPSA) is 61.4 Å². The van der Waals surface area contributed by atoms with E-state index in [4.69, 9.17) is 4.74 Å². The predicted octanol–water partition coefficient (Wildman–Crippen LogP) is 0.551. The quantitative estimate of drug-likeness (QED) is 0.447. The number of carbonyl (C=O) groups is 1. The van der Waals surface area contributed by atoms with Crippen LogP contribution < -0.4 is 9.96 Å². The van der Waals surface area contributed by atoms with Crippen molar-refractivity contribution in [3.63, 3.8) is 0 Å². The van der Waals surface area contributed by atoms with Crippen LogP contribution in [0.4, 0.5) is 5.69 Å². The maximum Gasteiger partial charge on any atom is 0.309 e. The Morgan fingerprint density at radius 1 is 1.47 bits per heavy atom. The molecule has 5 heteroatoms. The first-order valence-corrected chi connectivity index (χ1v) is 4.74. The molecule has 5 nitrogen and oxygen atoms in total. The van der Waals surface area contributed by atoms with Gasteiger partial charge in [0.25, 0.3) is 6.35 Å². The van der Waals surface area contributed by atoms with Gasteiger partial charge in [-0.1, -0.05) is 18.2 Å². The Balaban J connectivity index is 2.32. The van der Waals surface area contributed by atoms with Crippen molar-refractivity contribution in [3.05, 3.63) is 35.5 Å². The normalized spacial score (nSPS) is 24.7. The van der Waals surface area contributed by atoms with E-state index in [9.17, 15) is 10.0 Å². The molecular weight excluding hydrogens is 196 g/mol. The number of nitrogens with one attached hydrogen (secondary N) is 1. The summed E-state index contributed by atoms with van der Waals surface area (Å²) in [5.74, 6) is 0. The average molecular weight is 208 g/mol. The molecule has 1 heterocycles. The predicted molar refractivity (Wildman–Crippen MR) is 55.4 cm³/mol. The van der Waals surface area contributed by atoms with Crippen molar-refractivity contribution >= 4 is 12.1 Å². The van der Waals surface area contributed by atoms with Crippen LogP contribution in [0.25, 0.3) is 0 Å². The first-order valence-electron chi connectivity index (χ1n) is 4.74. The summed E-state index contributed by atoms with van der Waals surface area (Å²) in [4.78, 5) is 11.0. The molecule has 2 unspecified atom stereocenters. The minimum Gasteiger partial charge on any atom is -0.617 e. The summed E-state index contributed by atoms with van der Waals surface area (Å²) in [5, 5.41) is 15.1. The zero-order chi connectivity index (χ0) is 10.7. The molecule has 0 radical (unpaired) electrons. The molecule has 1 aromatic carbocycles. The summed E-state index contributed by atoms with van der Waals surface area (Å²) < 4.78 is 4.04. The summed E-state index contributed by atoms with van der Waals surface area (Å²) in [6.07, 6.45) is -0.483. The zero-order valence-corrected chi connectivity index (χ0v) is 8.13. The third kappa shape index (κ3) is 1.78. The van der Waals surface area contributed by atoms with Gasteiger partial charge in [0.15, 0.2) is 0 Å². The molecule has 0 aromatic heterocycles. The average Bonchev–Trinajstić information content (AvgIpc) is 2.83. The number of nitrogens with zero attached hydrogens (tertiary/aromatic N) is 1. The highest BCUT2D eigenvalue weighted by Crippen LogP contribution is 2.23. The van der Waals surface area contributed by atoms with Gasteiger partial charge in [-0.05, 0) is 0 Å². The van der Waals surface area contributed by atoms with Crippen LogP contribution >= 0.6 is 0 Å². The molecule has 15 heavy (non-hydrogen) atoms. The monoisotopic (exact) mass is 208 g/mol. The second-order valence-electron chi connectivity index (χ2n) is 3.33. The van der Waals surface area contributed by atoms with Gasteiger partial charge in [-0.25, -0.2) is 14.8 Å². The molecule has 0 bridgehead atoms. The molecule has 1 aliphatic rings. The van der Waals surface area contributed by atoms with E-state index in [1.165, 1.54) is 0 Å². The molecular formula is C10H12N2O3. The van der Waals surface area contributed by atoms with Crippen LogP contribution in [0.5, 0.6) is 0 Å². The van der Waals surface area contributed by atoms with E-state index in [-0.39, 0.29) is 0 Å². The van der Waals surface area contributed by atoms with Gasteiger partial charge in [-0.3, -0.25) is 0 Å². The molecule has 1 aromatic rings. The van der Waals surface area contributed by atoms with E-state index in [1.807, 2.05) is 0 Å². The summed E-state index contributed by atoms with van der Waals surface area (Å²) >= 11 is 0. The molecule has 1 amide bonds. The van der Waals surface area contributed by atoms with Gasteiger partial charge in [0.05, 0.1) is 6.61 Å². The molecule has 80 valence electrons. The number of hydroxylamine groups is 2. The van der Waals surface area contributed by atoms with Gasteiger partial charge in [0.1, 0.15) is 5.69 Å². The molecule has 1 saturated heterocycles. The fraction of sp³-hybridized carbons (Fsp3) is 0.300. The van der Waals surface area contributed by atoms with Crippen molar-refractivity contribution < 1.29 is 9.53 Å². The van der Waals surface area contributed by atoms with Crippen LogP contribution in [-0.4, -0.2) is 25.9 Å². The number of ether oxygens (including phenoxy) is 1. The van der Waals surface area contributed by atoms with Crippen LogP contribution in [0.15, 0.2) is 30.3 Å². The fourth-order valence-corrected chi connectivity index (χ4v) is 1.57. The molecule has 2 atom stereocenters. The first-order chi connectivity index (χ1) is 7.27. The van der Waals surface area contributed by atoms with Crippen molar-refractivity contribution in [3.8, 4) is 0 Å². The number of rotatable bonds is 3. The van der Waals surface area contributed by atoms with Gasteiger partial charge in [-0.15, -0.1) is 0 Å². The fourth-order valence-electron chi connectivity index (χ4n) is 1.57. The molecule has 0 aliphatic carbocycles. The minimum absolute atomic E-state index is 0.346. The van der Waals surface area contributed by atoms with Crippen molar-refractivity contribution in [2.75, 3.05) is 13.2 Å². The third-order valence-electron chi connectivity index (χ3n) is 2.36. The van der Waals surface area contributed by atoms with Gasteiger partial charge < -0.3 is 9.94 Å². The Labute approximate surface area is 87.4 Å². The van der Waals surface area contributed by atoms with Crippen LogP contribution in [0, 0.1) is 5.21 Å². The van der Waals surface area contributed by atoms with E-state index in [0.29, 0.717) is 25.2 Å². The highest BCUT2D eigenvalue weighted by molar-refractivity contribution is 5.70. The van der Waals surface area contributed by atoms with Crippen molar-refractivity contribution in [1.82, 2.24) is 9.96 Å². The Hall–Kier alpha value is -1.27. The number of carbonyl (C=O) groups excluding carboxylic acids is 1. The van der Waals surface area contributed by atoms with Gasteiger partial charge in [-0.2, -0.15) is 0 Å². The van der Waals surface area contributed by atoms with Crippen molar-refractivity contribution in [2.24, 2.45) is 0 Å². The zero-order valence-electron chi connectivity index (χ0n) is 8.13. The molecule has 0 saturated carbocycles. The molecule has 1 fully saturated rings. The lowest BCUT2D eigenvalue weighted by Gasteiger charge is -2.38. The van der Waals surface area contributed by atoms with E-state index in [0.717, 1.165) is 0 Å². The Morgan fingerprint density at radius 2 is 2.20 bits per heavy atom. The Kier molecular flexibility index (Phi) is 2.79. The standard InChI is InChI=1S/C10H12N2O3/c13-8-12(14,10-11-6-7-15-10)9-4-2-1-3-5-9/h1-5,8,10-11H,6-7H2. The van der Waals surface area contributed by atoms with E-state index < -0.39 is 11.0 Å². The number of hydrogen-bond donors (Lipinski definition) is 1. The molecule has 1 aliphatic heterocycles. The van der Waals surface area contributed by atoms with Crippen LogP contribution in [-0.2, 0) is 9.53 Å². The Morgan fingerprint density at radius 3 is 2.73 bits per heavy atom. The summed E-state index contributed by atoms with van der Waals surface area (Å²) in [6, 6.07) is 8.47. The second kappa shape index (κ2) is 4.08. The van der Waals surface area contributed by atoms with E-state index in [2.05, 4.69) is 5.32 Å². The molecule has 1 N–H and O–H groups in total. The molecule has 2 rings (SSSR count). The number of amides is 1. The number of hydrogen-bond acceptors (Lipinski definition) is 4. The summed E-state index contributed by atoms with van der Waals surface area (Å²) in [7, 11) is 0. The van der Waals surface area contributed by atoms with E-state index in [1.54, 1.807) is 30.3 Å². The SMILES string of the molecule is O=C[N+]([O-])(c1ccccc1)C1NCCO1. The molecule has 0 spiro atoms. The Bertz CT molecular complexity index is 338. The maximum absolute atomic E-state index is 12.3. The van der Waals surface area contributed by atoms with Crippen LogP contribution in [0.3, 0.4) is 0 Å². The number of benzene rings is 1. The maximum atomic E-state index is 12.3. The minimum atomic E-state index is -1.14. The largest absolute Gasteiger partial charge is 0.617 e. The number of quaternary nitrogens is 1. The summed E-state index contributed by atoms with van der Waals surface area (Å²) in [6.45, 7) is 1.04. The summed E-state index contributed by atoms with van der Waals surface area (Å²) in [5.41, 5.74) is 0.368. The van der Waals surface area contributed by atoms with Gasteiger partial charge >= 0.3 is 6.41 Å². The van der Waals surface area contributed by atoms with E-state index >= 15 is 0 Å². The lowest BCUT2D eigenvalue weighted by atomic mass is 10.3. The number of para-hydroxylation sites is 1. The van der Waals surface area contributed by atoms with Crippen LogP contribution in [0.2, 0.25) is 0 Å². The first kappa shape index (κ1) is 10.3. The lowest BCUT2D eigenvalue weighted by Crippen LogP contribution is -2.56. The van der Waals surface area contributed by atoms with Gasteiger partial charge in [0, 0.05) is 18.7 Å². The third-order valence-corrected chi connectivity index (χ3v) is 2.36. The highest BCUT2D eigenvalue weighted by Gasteiger charge is 2.34. The smallest absolute Gasteiger partial charge is 0.309 e. The van der Waals surface area contributed by atoms with Crippen molar-refractivity contribution in [2.45, 2.75) is 6.35 Å². The van der Waals surface area contributed by atoms with Gasteiger partial charge in [0.2, 0.25) is 0 Å². The lowest BCUT2D eigenvalue weighted by molar-refractivity contribution is -0.124. The van der Waals surface area contributed by atoms with Crippen LogP contribution in [0.1, 0.15) is 0 Å². The second-order valence-corrected chi connectivity index (χ2v) is 3.33. The highest BCUT2D eigenvalue weighted by atomic mass is 16.6.